The summed E-state index contributed by atoms with van der Waals surface area (Å²) in [4.78, 5) is 13.1. The highest BCUT2D eigenvalue weighted by Gasteiger charge is 2.17. The highest BCUT2D eigenvalue weighted by molar-refractivity contribution is 7.99. The molecule has 0 radical (unpaired) electrons. The van der Waals surface area contributed by atoms with Gasteiger partial charge >= 0.3 is 0 Å². The Morgan fingerprint density at radius 2 is 1.70 bits per heavy atom. The third-order valence-corrected chi connectivity index (χ3v) is 6.17. The first-order valence-electron chi connectivity index (χ1n) is 10.8. The van der Waals surface area contributed by atoms with E-state index in [0.29, 0.717) is 23.7 Å². The standard InChI is InChI=1S/C25H34O4S/c1-6-9-20-18(11-13-22(24(20)27)29-8-3)15-16-30-23-14-12-19(17(4)26)25(28-5)21(23)10-7-2/h11-14,27H,6-10,15-16H2,1-5H3. The second-order valence-corrected chi connectivity index (χ2v) is 8.40. The van der Waals surface area contributed by atoms with E-state index in [1.165, 1.54) is 0 Å². The monoisotopic (exact) mass is 430 g/mol. The molecule has 0 aromatic heterocycles. The summed E-state index contributed by atoms with van der Waals surface area (Å²) in [7, 11) is 1.63. The Kier molecular flexibility index (Phi) is 9.57. The molecular weight excluding hydrogens is 396 g/mol. The number of hydrogen-bond donors (Lipinski definition) is 1. The van der Waals surface area contributed by atoms with Crippen molar-refractivity contribution >= 4 is 17.5 Å². The first-order chi connectivity index (χ1) is 14.5. The zero-order valence-electron chi connectivity index (χ0n) is 18.8. The van der Waals surface area contributed by atoms with E-state index >= 15 is 0 Å². The summed E-state index contributed by atoms with van der Waals surface area (Å²) in [5.74, 6) is 2.45. The first kappa shape index (κ1) is 24.1. The van der Waals surface area contributed by atoms with Crippen LogP contribution >= 0.6 is 11.8 Å². The predicted octanol–water partition coefficient (Wildman–Crippen LogP) is 6.24. The summed E-state index contributed by atoms with van der Waals surface area (Å²) < 4.78 is 11.2. The van der Waals surface area contributed by atoms with E-state index in [1.54, 1.807) is 25.8 Å². The van der Waals surface area contributed by atoms with Gasteiger partial charge in [-0.25, -0.2) is 0 Å². The van der Waals surface area contributed by atoms with Crippen LogP contribution in [0, 0.1) is 0 Å². The number of carbonyl (C=O) groups excluding carboxylic acids is 1. The molecule has 0 spiro atoms. The molecule has 164 valence electrons. The van der Waals surface area contributed by atoms with Gasteiger partial charge in [-0.3, -0.25) is 4.79 Å². The number of thioether (sulfide) groups is 1. The highest BCUT2D eigenvalue weighted by atomic mass is 32.2. The highest BCUT2D eigenvalue weighted by Crippen LogP contribution is 2.37. The molecule has 0 fully saturated rings. The van der Waals surface area contributed by atoms with E-state index in [0.717, 1.165) is 59.4 Å². The summed E-state index contributed by atoms with van der Waals surface area (Å²) in [5, 5.41) is 10.6. The minimum Gasteiger partial charge on any atom is -0.504 e. The van der Waals surface area contributed by atoms with E-state index in [4.69, 9.17) is 9.47 Å². The minimum atomic E-state index is 0.0230. The Morgan fingerprint density at radius 1 is 1.00 bits per heavy atom. The lowest BCUT2D eigenvalue weighted by Crippen LogP contribution is -2.04. The van der Waals surface area contributed by atoms with Crippen LogP contribution in [0.25, 0.3) is 0 Å². The Balaban J connectivity index is 2.24. The number of ether oxygens (including phenoxy) is 2. The smallest absolute Gasteiger partial charge is 0.163 e. The van der Waals surface area contributed by atoms with E-state index in [-0.39, 0.29) is 11.5 Å². The molecular formula is C25H34O4S. The molecule has 2 rings (SSSR count). The summed E-state index contributed by atoms with van der Waals surface area (Å²) in [6.45, 7) is 8.28. The number of ketones is 1. The van der Waals surface area contributed by atoms with Crippen molar-refractivity contribution in [3.05, 3.63) is 46.5 Å². The molecule has 0 aliphatic carbocycles. The predicted molar refractivity (Wildman–Crippen MR) is 125 cm³/mol. The summed E-state index contributed by atoms with van der Waals surface area (Å²) in [6.07, 6.45) is 4.50. The third-order valence-electron chi connectivity index (χ3n) is 5.07. The van der Waals surface area contributed by atoms with Gasteiger partial charge in [0.05, 0.1) is 19.3 Å². The maximum absolute atomic E-state index is 12.0. The van der Waals surface area contributed by atoms with Crippen LogP contribution in [0.4, 0.5) is 0 Å². The fourth-order valence-electron chi connectivity index (χ4n) is 3.70. The molecule has 2 aromatic carbocycles. The maximum atomic E-state index is 12.0. The number of methoxy groups -OCH3 is 1. The van der Waals surface area contributed by atoms with Crippen molar-refractivity contribution in [1.29, 1.82) is 0 Å². The molecule has 2 aromatic rings. The molecule has 0 heterocycles. The van der Waals surface area contributed by atoms with Crippen molar-refractivity contribution < 1.29 is 19.4 Å². The summed E-state index contributed by atoms with van der Waals surface area (Å²) in [5.41, 5.74) is 3.91. The lowest BCUT2D eigenvalue weighted by atomic mass is 9.99. The minimum absolute atomic E-state index is 0.0230. The Bertz CT molecular complexity index is 861. The van der Waals surface area contributed by atoms with Gasteiger partial charge in [-0.15, -0.1) is 11.8 Å². The molecule has 0 aliphatic heterocycles. The SMILES string of the molecule is CCCc1c(CCSc2ccc(C(C)=O)c(OC)c2CCC)ccc(OCC)c1O. The van der Waals surface area contributed by atoms with Crippen LogP contribution in [0.1, 0.15) is 67.6 Å². The zero-order chi connectivity index (χ0) is 22.1. The van der Waals surface area contributed by atoms with Crippen molar-refractivity contribution in [1.82, 2.24) is 0 Å². The molecule has 4 nitrogen and oxygen atoms in total. The van der Waals surface area contributed by atoms with Crippen LogP contribution in [0.3, 0.4) is 0 Å². The number of carbonyl (C=O) groups is 1. The quantitative estimate of drug-likeness (QED) is 0.319. The topological polar surface area (TPSA) is 55.8 Å². The zero-order valence-corrected chi connectivity index (χ0v) is 19.7. The Hall–Kier alpha value is -2.14. The second-order valence-electron chi connectivity index (χ2n) is 7.26. The maximum Gasteiger partial charge on any atom is 0.163 e. The van der Waals surface area contributed by atoms with Crippen LogP contribution in [-0.2, 0) is 19.3 Å². The van der Waals surface area contributed by atoms with E-state index in [9.17, 15) is 9.90 Å². The molecule has 30 heavy (non-hydrogen) atoms. The van der Waals surface area contributed by atoms with Gasteiger partial charge in [0.2, 0.25) is 0 Å². The molecule has 0 bridgehead atoms. The fraction of sp³-hybridized carbons (Fsp3) is 0.480. The summed E-state index contributed by atoms with van der Waals surface area (Å²) in [6, 6.07) is 7.85. The number of Topliss-reactive ketones (excluding diaryl/α,β-unsaturated/α-hetero) is 1. The lowest BCUT2D eigenvalue weighted by Gasteiger charge is -2.17. The normalized spacial score (nSPS) is 10.8. The van der Waals surface area contributed by atoms with E-state index in [1.807, 2.05) is 25.1 Å². The van der Waals surface area contributed by atoms with E-state index in [2.05, 4.69) is 19.9 Å². The molecule has 0 amide bonds. The molecule has 1 N–H and O–H groups in total. The average Bonchev–Trinajstić information content (AvgIpc) is 2.73. The van der Waals surface area contributed by atoms with Crippen molar-refractivity contribution in [3.63, 3.8) is 0 Å². The van der Waals surface area contributed by atoms with Crippen LogP contribution in [0.2, 0.25) is 0 Å². The lowest BCUT2D eigenvalue weighted by molar-refractivity contribution is 0.101. The number of aryl methyl sites for hydroxylation is 1. The molecule has 0 atom stereocenters. The number of aromatic hydroxyl groups is 1. The van der Waals surface area contributed by atoms with Crippen LogP contribution in [0.5, 0.6) is 17.2 Å². The number of phenols is 1. The van der Waals surface area contributed by atoms with Gasteiger partial charge in [0.25, 0.3) is 0 Å². The first-order valence-corrected chi connectivity index (χ1v) is 11.8. The number of rotatable bonds is 12. The van der Waals surface area contributed by atoms with Crippen LogP contribution in [-0.4, -0.2) is 30.4 Å². The van der Waals surface area contributed by atoms with Gasteiger partial charge in [0.1, 0.15) is 5.75 Å². The third kappa shape index (κ3) is 5.72. The largest absolute Gasteiger partial charge is 0.504 e. The molecule has 0 saturated carbocycles. The van der Waals surface area contributed by atoms with Crippen LogP contribution in [0.15, 0.2) is 29.2 Å². The van der Waals surface area contributed by atoms with Crippen molar-refractivity contribution in [2.45, 2.75) is 64.7 Å². The molecule has 0 saturated heterocycles. The van der Waals surface area contributed by atoms with Gasteiger partial charge in [-0.05, 0) is 56.9 Å². The molecule has 0 unspecified atom stereocenters. The number of phenolic OH excluding ortho intramolecular Hbond substituents is 1. The van der Waals surface area contributed by atoms with Gasteiger partial charge in [0.15, 0.2) is 17.3 Å². The van der Waals surface area contributed by atoms with Crippen molar-refractivity contribution in [2.24, 2.45) is 0 Å². The Morgan fingerprint density at radius 3 is 2.30 bits per heavy atom. The van der Waals surface area contributed by atoms with Crippen molar-refractivity contribution in [2.75, 3.05) is 19.5 Å². The summed E-state index contributed by atoms with van der Waals surface area (Å²) >= 11 is 1.77. The van der Waals surface area contributed by atoms with Crippen LogP contribution < -0.4 is 9.47 Å². The molecule has 5 heteroatoms. The van der Waals surface area contributed by atoms with Gasteiger partial charge in [-0.2, -0.15) is 0 Å². The van der Waals surface area contributed by atoms with Gasteiger partial charge < -0.3 is 14.6 Å². The molecule has 0 aliphatic rings. The number of hydrogen-bond acceptors (Lipinski definition) is 5. The van der Waals surface area contributed by atoms with Crippen molar-refractivity contribution in [3.8, 4) is 17.2 Å². The number of benzene rings is 2. The van der Waals surface area contributed by atoms with Gasteiger partial charge in [-0.1, -0.05) is 32.8 Å². The Labute approximate surface area is 185 Å². The second kappa shape index (κ2) is 11.9. The fourth-order valence-corrected chi connectivity index (χ4v) is 4.78. The average molecular weight is 431 g/mol. The van der Waals surface area contributed by atoms with E-state index < -0.39 is 0 Å². The van der Waals surface area contributed by atoms with Gasteiger partial charge in [0, 0.05) is 21.8 Å².